The predicted molar refractivity (Wildman–Crippen MR) is 91.8 cm³/mol. The smallest absolute Gasteiger partial charge is 0.0812 e. The van der Waals surface area contributed by atoms with Crippen molar-refractivity contribution in [2.24, 2.45) is 0 Å². The van der Waals surface area contributed by atoms with E-state index >= 15 is 0 Å². The molecule has 2 aromatic carbocycles. The first-order valence-corrected chi connectivity index (χ1v) is 8.35. The van der Waals surface area contributed by atoms with E-state index < -0.39 is 5.41 Å². The van der Waals surface area contributed by atoms with Crippen LogP contribution in [0.2, 0.25) is 0 Å². The molecule has 1 aliphatic rings. The number of piperidine rings is 1. The summed E-state index contributed by atoms with van der Waals surface area (Å²) in [5, 5.41) is 12.3. The SMILES string of the molecule is CC(C#N)(CCN1CCCCC1)c1cccc2ccccc12. The van der Waals surface area contributed by atoms with Crippen LogP contribution in [-0.4, -0.2) is 24.5 Å². The standard InChI is InChI=1S/C20H24N2/c1-20(16-21,12-15-22-13-5-2-6-14-22)19-11-7-9-17-8-3-4-10-18(17)19/h3-4,7-11H,2,5-6,12-15H2,1H3. The van der Waals surface area contributed by atoms with E-state index in [1.165, 1.54) is 48.7 Å². The van der Waals surface area contributed by atoms with Crippen molar-refractivity contribution in [1.29, 1.82) is 5.26 Å². The molecule has 0 spiro atoms. The molecule has 0 bridgehead atoms. The van der Waals surface area contributed by atoms with Crippen LogP contribution in [0.3, 0.4) is 0 Å². The van der Waals surface area contributed by atoms with Gasteiger partial charge in [-0.1, -0.05) is 48.9 Å². The van der Waals surface area contributed by atoms with Crippen molar-refractivity contribution < 1.29 is 0 Å². The third kappa shape index (κ3) is 3.00. The third-order valence-corrected chi connectivity index (χ3v) is 5.01. The van der Waals surface area contributed by atoms with Crippen LogP contribution < -0.4 is 0 Å². The van der Waals surface area contributed by atoms with E-state index in [-0.39, 0.29) is 0 Å². The van der Waals surface area contributed by atoms with Gasteiger partial charge in [0.2, 0.25) is 0 Å². The predicted octanol–water partition coefficient (Wildman–Crippen LogP) is 4.50. The maximum atomic E-state index is 9.86. The maximum absolute atomic E-state index is 9.86. The highest BCUT2D eigenvalue weighted by atomic mass is 15.1. The largest absolute Gasteiger partial charge is 0.303 e. The van der Waals surface area contributed by atoms with E-state index in [0.29, 0.717) is 0 Å². The van der Waals surface area contributed by atoms with Crippen LogP contribution in [0.4, 0.5) is 0 Å². The minimum Gasteiger partial charge on any atom is -0.303 e. The van der Waals surface area contributed by atoms with E-state index in [0.717, 1.165) is 13.0 Å². The summed E-state index contributed by atoms with van der Waals surface area (Å²) in [5.41, 5.74) is 0.753. The molecule has 1 unspecified atom stereocenters. The lowest BCUT2D eigenvalue weighted by Gasteiger charge is -2.30. The van der Waals surface area contributed by atoms with Gasteiger partial charge in [-0.25, -0.2) is 0 Å². The van der Waals surface area contributed by atoms with E-state index in [1.807, 2.05) is 0 Å². The molecule has 0 saturated carbocycles. The summed E-state index contributed by atoms with van der Waals surface area (Å²) in [7, 11) is 0. The molecule has 2 heteroatoms. The highest BCUT2D eigenvalue weighted by Gasteiger charge is 2.29. The van der Waals surface area contributed by atoms with Crippen LogP contribution in [0.1, 0.15) is 38.2 Å². The van der Waals surface area contributed by atoms with Crippen LogP contribution in [0, 0.1) is 11.3 Å². The van der Waals surface area contributed by atoms with Crippen LogP contribution >= 0.6 is 0 Å². The quantitative estimate of drug-likeness (QED) is 0.829. The zero-order chi connectivity index (χ0) is 15.4. The Labute approximate surface area is 133 Å². The van der Waals surface area contributed by atoms with Crippen molar-refractivity contribution in [2.45, 2.75) is 38.0 Å². The summed E-state index contributed by atoms with van der Waals surface area (Å²) in [6, 6.07) is 17.3. The van der Waals surface area contributed by atoms with Gasteiger partial charge < -0.3 is 4.90 Å². The Morgan fingerprint density at radius 1 is 1.05 bits per heavy atom. The summed E-state index contributed by atoms with van der Waals surface area (Å²) in [5.74, 6) is 0. The summed E-state index contributed by atoms with van der Waals surface area (Å²) in [4.78, 5) is 2.52. The summed E-state index contributed by atoms with van der Waals surface area (Å²) in [6.07, 6.45) is 4.86. The van der Waals surface area contributed by atoms with Crippen LogP contribution in [-0.2, 0) is 5.41 Å². The number of likely N-dealkylation sites (tertiary alicyclic amines) is 1. The minimum absolute atomic E-state index is 0.418. The molecule has 22 heavy (non-hydrogen) atoms. The van der Waals surface area contributed by atoms with Gasteiger partial charge in [0.15, 0.2) is 0 Å². The average Bonchev–Trinajstić information content (AvgIpc) is 2.60. The number of hydrogen-bond acceptors (Lipinski definition) is 2. The first kappa shape index (κ1) is 15.1. The maximum Gasteiger partial charge on any atom is 0.0812 e. The highest BCUT2D eigenvalue weighted by molar-refractivity contribution is 5.87. The molecule has 0 aliphatic carbocycles. The summed E-state index contributed by atoms with van der Waals surface area (Å²) in [6.45, 7) is 5.50. The molecule has 1 fully saturated rings. The molecule has 1 heterocycles. The Bertz CT molecular complexity index is 674. The Kier molecular flexibility index (Phi) is 4.45. The molecule has 0 amide bonds. The molecule has 0 aromatic heterocycles. The Balaban J connectivity index is 1.86. The summed E-state index contributed by atoms with van der Waals surface area (Å²) >= 11 is 0. The topological polar surface area (TPSA) is 27.0 Å². The van der Waals surface area contributed by atoms with Crippen LogP contribution in [0.15, 0.2) is 42.5 Å². The Morgan fingerprint density at radius 3 is 2.55 bits per heavy atom. The number of nitriles is 1. The van der Waals surface area contributed by atoms with Gasteiger partial charge in [0, 0.05) is 0 Å². The molecule has 0 radical (unpaired) electrons. The fourth-order valence-corrected chi connectivity index (χ4v) is 3.52. The fourth-order valence-electron chi connectivity index (χ4n) is 3.52. The Morgan fingerprint density at radius 2 is 1.77 bits per heavy atom. The molecule has 3 rings (SSSR count). The van der Waals surface area contributed by atoms with E-state index in [4.69, 9.17) is 0 Å². The van der Waals surface area contributed by atoms with Crippen LogP contribution in [0.25, 0.3) is 10.8 Å². The van der Waals surface area contributed by atoms with Gasteiger partial charge in [-0.05, 0) is 62.2 Å². The molecule has 0 N–H and O–H groups in total. The number of fused-ring (bicyclic) bond motifs is 1. The van der Waals surface area contributed by atoms with Gasteiger partial charge >= 0.3 is 0 Å². The number of rotatable bonds is 4. The lowest BCUT2D eigenvalue weighted by Crippen LogP contribution is -2.34. The molecule has 1 saturated heterocycles. The first-order valence-electron chi connectivity index (χ1n) is 8.35. The summed E-state index contributed by atoms with van der Waals surface area (Å²) < 4.78 is 0. The molecular formula is C20H24N2. The van der Waals surface area contributed by atoms with Gasteiger partial charge in [-0.15, -0.1) is 0 Å². The second-order valence-electron chi connectivity index (χ2n) is 6.62. The van der Waals surface area contributed by atoms with E-state index in [9.17, 15) is 5.26 Å². The van der Waals surface area contributed by atoms with E-state index in [2.05, 4.69) is 60.4 Å². The molecule has 2 nitrogen and oxygen atoms in total. The van der Waals surface area contributed by atoms with E-state index in [1.54, 1.807) is 0 Å². The Hall–Kier alpha value is -1.85. The zero-order valence-electron chi connectivity index (χ0n) is 13.4. The molecule has 2 aromatic rings. The first-order chi connectivity index (χ1) is 10.7. The van der Waals surface area contributed by atoms with Gasteiger partial charge in [0.1, 0.15) is 0 Å². The molecule has 1 aliphatic heterocycles. The number of nitrogens with zero attached hydrogens (tertiary/aromatic N) is 2. The van der Waals surface area contributed by atoms with Crippen molar-refractivity contribution in [3.63, 3.8) is 0 Å². The second-order valence-corrected chi connectivity index (χ2v) is 6.62. The average molecular weight is 292 g/mol. The van der Waals surface area contributed by atoms with Crippen molar-refractivity contribution in [3.8, 4) is 6.07 Å². The number of hydrogen-bond donors (Lipinski definition) is 0. The third-order valence-electron chi connectivity index (χ3n) is 5.01. The van der Waals surface area contributed by atoms with Crippen molar-refractivity contribution in [3.05, 3.63) is 48.0 Å². The molecule has 114 valence electrons. The van der Waals surface area contributed by atoms with Gasteiger partial charge in [-0.2, -0.15) is 5.26 Å². The van der Waals surface area contributed by atoms with Gasteiger partial charge in [-0.3, -0.25) is 0 Å². The lowest BCUT2D eigenvalue weighted by atomic mass is 9.78. The monoisotopic (exact) mass is 292 g/mol. The normalized spacial score (nSPS) is 18.7. The zero-order valence-corrected chi connectivity index (χ0v) is 13.4. The van der Waals surface area contributed by atoms with Gasteiger partial charge in [0.25, 0.3) is 0 Å². The van der Waals surface area contributed by atoms with Crippen molar-refractivity contribution in [1.82, 2.24) is 4.90 Å². The molecule has 1 atom stereocenters. The van der Waals surface area contributed by atoms with Crippen LogP contribution in [0.5, 0.6) is 0 Å². The lowest BCUT2D eigenvalue weighted by molar-refractivity contribution is 0.216. The molecular weight excluding hydrogens is 268 g/mol. The van der Waals surface area contributed by atoms with Crippen molar-refractivity contribution >= 4 is 10.8 Å². The number of benzene rings is 2. The second kappa shape index (κ2) is 6.50. The highest BCUT2D eigenvalue weighted by Crippen LogP contribution is 2.33. The van der Waals surface area contributed by atoms with Gasteiger partial charge in [0.05, 0.1) is 11.5 Å². The fraction of sp³-hybridized carbons (Fsp3) is 0.450. The van der Waals surface area contributed by atoms with Crippen molar-refractivity contribution in [2.75, 3.05) is 19.6 Å². The minimum atomic E-state index is -0.418.